The molecule has 0 spiro atoms. The Kier molecular flexibility index (Phi) is 6.18. The van der Waals surface area contributed by atoms with E-state index in [4.69, 9.17) is 16.3 Å². The predicted octanol–water partition coefficient (Wildman–Crippen LogP) is 4.07. The number of benzene rings is 2. The molecule has 1 aromatic heterocycles. The molecule has 1 saturated heterocycles. The maximum Gasteiger partial charge on any atom is 0.253 e. The zero-order chi connectivity index (χ0) is 22.0. The molecule has 3 aromatic rings. The van der Waals surface area contributed by atoms with Crippen molar-refractivity contribution in [1.82, 2.24) is 14.4 Å². The summed E-state index contributed by atoms with van der Waals surface area (Å²) in [5, 5.41) is 1.64. The van der Waals surface area contributed by atoms with Crippen molar-refractivity contribution in [2.45, 2.75) is 25.5 Å². The highest BCUT2D eigenvalue weighted by atomic mass is 35.5. The predicted molar refractivity (Wildman–Crippen MR) is 122 cm³/mol. The molecule has 0 aliphatic carbocycles. The molecule has 2 amide bonds. The number of likely N-dealkylation sites (N-methyl/N-ethyl adjacent to an activating group) is 1. The van der Waals surface area contributed by atoms with Crippen LogP contribution in [0.3, 0.4) is 0 Å². The zero-order valence-electron chi connectivity index (χ0n) is 17.8. The molecule has 6 nitrogen and oxygen atoms in total. The van der Waals surface area contributed by atoms with Crippen LogP contribution < -0.4 is 4.74 Å². The molecular formula is C24H26ClN3O3. The number of nitrogens with zero attached hydrogens (tertiary/aromatic N) is 3. The lowest BCUT2D eigenvalue weighted by molar-refractivity contribution is -0.129. The third-order valence-electron chi connectivity index (χ3n) is 5.67. The van der Waals surface area contributed by atoms with E-state index in [2.05, 4.69) is 0 Å². The van der Waals surface area contributed by atoms with E-state index in [9.17, 15) is 9.59 Å². The Morgan fingerprint density at radius 1 is 1.06 bits per heavy atom. The van der Waals surface area contributed by atoms with Crippen molar-refractivity contribution in [3.63, 3.8) is 0 Å². The van der Waals surface area contributed by atoms with Gasteiger partial charge in [0, 0.05) is 67.7 Å². The van der Waals surface area contributed by atoms with Gasteiger partial charge in [0.25, 0.3) is 5.91 Å². The van der Waals surface area contributed by atoms with Crippen molar-refractivity contribution in [2.75, 3.05) is 27.2 Å². The molecule has 2 heterocycles. The number of carbonyl (C=O) groups is 2. The molecule has 1 aliphatic rings. The van der Waals surface area contributed by atoms with Crippen LogP contribution in [0.4, 0.5) is 0 Å². The molecule has 2 aromatic carbocycles. The number of hydrogen-bond acceptors (Lipinski definition) is 3. The number of piperidine rings is 1. The number of rotatable bonds is 5. The minimum atomic E-state index is 0.0290. The Labute approximate surface area is 186 Å². The highest BCUT2D eigenvalue weighted by molar-refractivity contribution is 6.30. The molecule has 1 fully saturated rings. The lowest BCUT2D eigenvalue weighted by Crippen LogP contribution is -2.41. The van der Waals surface area contributed by atoms with E-state index in [0.29, 0.717) is 23.7 Å². The van der Waals surface area contributed by atoms with Crippen LogP contribution in [-0.2, 0) is 11.3 Å². The van der Waals surface area contributed by atoms with Crippen LogP contribution in [-0.4, -0.2) is 59.5 Å². The molecule has 0 atom stereocenters. The summed E-state index contributed by atoms with van der Waals surface area (Å²) in [7, 11) is 3.49. The van der Waals surface area contributed by atoms with Gasteiger partial charge in [-0.2, -0.15) is 0 Å². The summed E-state index contributed by atoms with van der Waals surface area (Å²) in [5.74, 6) is 0.863. The fraction of sp³-hybridized carbons (Fsp3) is 0.333. The summed E-state index contributed by atoms with van der Waals surface area (Å²) in [6, 6.07) is 15.0. The molecule has 162 valence electrons. The maximum absolute atomic E-state index is 13.0. The van der Waals surface area contributed by atoms with Crippen molar-refractivity contribution in [3.05, 3.63) is 65.3 Å². The number of amides is 2. The number of hydrogen-bond donors (Lipinski definition) is 0. The number of ether oxygens (including phenoxy) is 1. The van der Waals surface area contributed by atoms with Crippen molar-refractivity contribution >= 4 is 34.3 Å². The van der Waals surface area contributed by atoms with E-state index < -0.39 is 0 Å². The van der Waals surface area contributed by atoms with Gasteiger partial charge in [-0.15, -0.1) is 0 Å². The van der Waals surface area contributed by atoms with E-state index in [1.165, 1.54) is 0 Å². The van der Waals surface area contributed by atoms with Gasteiger partial charge in [0.05, 0.1) is 0 Å². The largest absolute Gasteiger partial charge is 0.490 e. The Balaban J connectivity index is 1.38. The first-order valence-electron chi connectivity index (χ1n) is 10.4. The summed E-state index contributed by atoms with van der Waals surface area (Å²) in [6.07, 6.45) is 3.56. The van der Waals surface area contributed by atoms with Gasteiger partial charge >= 0.3 is 0 Å². The average molecular weight is 440 g/mol. The highest BCUT2D eigenvalue weighted by Crippen LogP contribution is 2.23. The van der Waals surface area contributed by atoms with Crippen molar-refractivity contribution < 1.29 is 14.3 Å². The molecule has 4 rings (SSSR count). The number of likely N-dealkylation sites (tertiary alicyclic amines) is 1. The van der Waals surface area contributed by atoms with Crippen molar-refractivity contribution in [3.8, 4) is 5.75 Å². The van der Waals surface area contributed by atoms with Crippen molar-refractivity contribution in [1.29, 1.82) is 0 Å². The van der Waals surface area contributed by atoms with Crippen LogP contribution in [0.1, 0.15) is 23.2 Å². The molecule has 1 aliphatic heterocycles. The zero-order valence-corrected chi connectivity index (χ0v) is 18.5. The molecule has 31 heavy (non-hydrogen) atoms. The Hall–Kier alpha value is -2.99. The van der Waals surface area contributed by atoms with E-state index in [1.54, 1.807) is 19.0 Å². The van der Waals surface area contributed by atoms with Gasteiger partial charge in [0.15, 0.2) is 0 Å². The lowest BCUT2D eigenvalue weighted by Gasteiger charge is -2.32. The summed E-state index contributed by atoms with van der Waals surface area (Å²) >= 11 is 5.92. The fourth-order valence-electron chi connectivity index (χ4n) is 3.82. The van der Waals surface area contributed by atoms with E-state index >= 15 is 0 Å². The molecule has 0 unspecified atom stereocenters. The van der Waals surface area contributed by atoms with Gasteiger partial charge in [-0.3, -0.25) is 9.59 Å². The van der Waals surface area contributed by atoms with Crippen molar-refractivity contribution in [2.24, 2.45) is 0 Å². The molecular weight excluding hydrogens is 414 g/mol. The number of aromatic nitrogens is 1. The van der Waals surface area contributed by atoms with Gasteiger partial charge in [-0.25, -0.2) is 0 Å². The Morgan fingerprint density at radius 3 is 2.45 bits per heavy atom. The van der Waals surface area contributed by atoms with Crippen LogP contribution in [0.2, 0.25) is 5.02 Å². The van der Waals surface area contributed by atoms with Gasteiger partial charge in [-0.05, 0) is 48.5 Å². The minimum absolute atomic E-state index is 0.0290. The summed E-state index contributed by atoms with van der Waals surface area (Å²) in [6.45, 7) is 1.60. The molecule has 7 heteroatoms. The van der Waals surface area contributed by atoms with Gasteiger partial charge < -0.3 is 19.1 Å². The number of carbonyl (C=O) groups excluding carboxylic acids is 2. The highest BCUT2D eigenvalue weighted by Gasteiger charge is 2.25. The standard InChI is InChI=1S/C24H26ClN3O3/c1-26(2)23(29)16-28-12-9-17-15-18(3-8-22(17)28)24(30)27-13-10-21(11-14-27)31-20-6-4-19(25)5-7-20/h3-9,12,15,21H,10-11,13-14,16H2,1-2H3. The Morgan fingerprint density at radius 2 is 1.77 bits per heavy atom. The second-order valence-electron chi connectivity index (χ2n) is 8.07. The van der Waals surface area contributed by atoms with Gasteiger partial charge in [-0.1, -0.05) is 11.6 Å². The molecule has 0 saturated carbocycles. The van der Waals surface area contributed by atoms with Crippen LogP contribution in [0.15, 0.2) is 54.7 Å². The first-order valence-corrected chi connectivity index (χ1v) is 10.8. The molecule has 0 radical (unpaired) electrons. The smallest absolute Gasteiger partial charge is 0.253 e. The molecule has 0 bridgehead atoms. The monoisotopic (exact) mass is 439 g/mol. The summed E-state index contributed by atoms with van der Waals surface area (Å²) in [4.78, 5) is 28.5. The SMILES string of the molecule is CN(C)C(=O)Cn1ccc2cc(C(=O)N3CCC(Oc4ccc(Cl)cc4)CC3)ccc21. The Bertz CT molecular complexity index is 1080. The second-order valence-corrected chi connectivity index (χ2v) is 8.51. The maximum atomic E-state index is 13.0. The van der Waals surface area contributed by atoms with Crippen LogP contribution in [0, 0.1) is 0 Å². The summed E-state index contributed by atoms with van der Waals surface area (Å²) < 4.78 is 7.93. The van der Waals surface area contributed by atoms with Gasteiger partial charge in [0.1, 0.15) is 18.4 Å². The quantitative estimate of drug-likeness (QED) is 0.602. The molecule has 0 N–H and O–H groups in total. The average Bonchev–Trinajstić information content (AvgIpc) is 3.17. The normalized spacial score (nSPS) is 14.6. The van der Waals surface area contributed by atoms with Gasteiger partial charge in [0.2, 0.25) is 5.91 Å². The first kappa shape index (κ1) is 21.2. The number of fused-ring (bicyclic) bond motifs is 1. The topological polar surface area (TPSA) is 54.8 Å². The van der Waals surface area contributed by atoms with E-state index in [0.717, 1.165) is 29.5 Å². The van der Waals surface area contributed by atoms with Crippen LogP contribution in [0.5, 0.6) is 5.75 Å². The fourth-order valence-corrected chi connectivity index (χ4v) is 3.95. The third-order valence-corrected chi connectivity index (χ3v) is 5.92. The second kappa shape index (κ2) is 9.02. The van der Waals surface area contributed by atoms with Crippen LogP contribution >= 0.6 is 11.6 Å². The summed E-state index contributed by atoms with van der Waals surface area (Å²) in [5.41, 5.74) is 1.61. The minimum Gasteiger partial charge on any atom is -0.490 e. The van der Waals surface area contributed by atoms with Crippen LogP contribution in [0.25, 0.3) is 10.9 Å². The van der Waals surface area contributed by atoms with E-state index in [1.807, 2.05) is 64.2 Å². The first-order chi connectivity index (χ1) is 14.9. The van der Waals surface area contributed by atoms with E-state index in [-0.39, 0.29) is 24.5 Å². The number of halogens is 1. The third kappa shape index (κ3) is 4.85. The lowest BCUT2D eigenvalue weighted by atomic mass is 10.1.